The van der Waals surface area contributed by atoms with E-state index in [0.29, 0.717) is 31.8 Å². The number of hydrogen-bond acceptors (Lipinski definition) is 5. The van der Waals surface area contributed by atoms with Gasteiger partial charge in [-0.3, -0.25) is 4.79 Å². The zero-order valence-electron chi connectivity index (χ0n) is 12.2. The van der Waals surface area contributed by atoms with Crippen LogP contribution in [0.1, 0.15) is 26.2 Å². The topological polar surface area (TPSA) is 109 Å². The standard InChI is InChI=1S/C13H20N4O4/c1-9(2)13(11(18)19)4-6-17(7-13)12(20)14-5-3-10-15-8-16-21-10/h8-9H,3-7H2,1-2H3,(H,14,20)(H,18,19). The van der Waals surface area contributed by atoms with Gasteiger partial charge in [0, 0.05) is 26.1 Å². The Balaban J connectivity index is 1.85. The first-order chi connectivity index (χ1) is 9.95. The molecule has 1 aromatic rings. The Morgan fingerprint density at radius 2 is 2.33 bits per heavy atom. The molecule has 1 unspecified atom stereocenters. The summed E-state index contributed by atoms with van der Waals surface area (Å²) >= 11 is 0. The summed E-state index contributed by atoms with van der Waals surface area (Å²) in [5.41, 5.74) is -0.843. The van der Waals surface area contributed by atoms with Crippen LogP contribution in [0.4, 0.5) is 4.79 Å². The number of nitrogens with zero attached hydrogens (tertiary/aromatic N) is 3. The van der Waals surface area contributed by atoms with E-state index in [4.69, 9.17) is 4.52 Å². The molecule has 0 bridgehead atoms. The van der Waals surface area contributed by atoms with Gasteiger partial charge in [0.2, 0.25) is 5.89 Å². The third kappa shape index (κ3) is 3.14. The number of aliphatic carboxylic acids is 1. The molecule has 1 aliphatic heterocycles. The van der Waals surface area contributed by atoms with Crippen molar-refractivity contribution < 1.29 is 19.2 Å². The fourth-order valence-electron chi connectivity index (χ4n) is 2.59. The molecule has 1 aromatic heterocycles. The van der Waals surface area contributed by atoms with Crippen molar-refractivity contribution in [1.82, 2.24) is 20.4 Å². The van der Waals surface area contributed by atoms with Crippen LogP contribution in [0.25, 0.3) is 0 Å². The van der Waals surface area contributed by atoms with Gasteiger partial charge >= 0.3 is 12.0 Å². The van der Waals surface area contributed by atoms with Crippen LogP contribution >= 0.6 is 0 Å². The lowest BCUT2D eigenvalue weighted by Gasteiger charge is -2.28. The molecule has 0 aliphatic carbocycles. The molecule has 1 saturated heterocycles. The fraction of sp³-hybridized carbons (Fsp3) is 0.692. The van der Waals surface area contributed by atoms with E-state index >= 15 is 0 Å². The van der Waals surface area contributed by atoms with Crippen LogP contribution in [0.15, 0.2) is 10.9 Å². The monoisotopic (exact) mass is 296 g/mol. The largest absolute Gasteiger partial charge is 0.481 e. The van der Waals surface area contributed by atoms with Crippen LogP contribution in [-0.2, 0) is 11.2 Å². The minimum absolute atomic E-state index is 0.0220. The summed E-state index contributed by atoms with van der Waals surface area (Å²) in [6.07, 6.45) is 2.24. The SMILES string of the molecule is CC(C)C1(C(=O)O)CCN(C(=O)NCCc2ncno2)C1. The van der Waals surface area contributed by atoms with E-state index < -0.39 is 11.4 Å². The Morgan fingerprint density at radius 3 is 2.86 bits per heavy atom. The maximum absolute atomic E-state index is 12.1. The highest BCUT2D eigenvalue weighted by Crippen LogP contribution is 2.38. The highest BCUT2D eigenvalue weighted by Gasteiger charge is 2.48. The van der Waals surface area contributed by atoms with E-state index in [0.717, 1.165) is 0 Å². The third-order valence-electron chi connectivity index (χ3n) is 4.14. The normalized spacial score (nSPS) is 21.8. The van der Waals surface area contributed by atoms with Crippen LogP contribution in [0, 0.1) is 11.3 Å². The lowest BCUT2D eigenvalue weighted by atomic mass is 9.76. The van der Waals surface area contributed by atoms with Crippen LogP contribution in [-0.4, -0.2) is 51.8 Å². The maximum Gasteiger partial charge on any atom is 0.317 e. The van der Waals surface area contributed by atoms with Crippen LogP contribution < -0.4 is 5.32 Å². The molecule has 1 fully saturated rings. The molecular weight excluding hydrogens is 276 g/mol. The quantitative estimate of drug-likeness (QED) is 0.830. The maximum atomic E-state index is 12.1. The number of hydrogen-bond donors (Lipinski definition) is 2. The van der Waals surface area contributed by atoms with E-state index in [9.17, 15) is 14.7 Å². The molecule has 2 N–H and O–H groups in total. The van der Waals surface area contributed by atoms with Gasteiger partial charge in [-0.15, -0.1) is 0 Å². The second kappa shape index (κ2) is 6.11. The highest BCUT2D eigenvalue weighted by atomic mass is 16.5. The number of aromatic nitrogens is 2. The molecule has 2 heterocycles. The molecule has 2 amide bonds. The Bertz CT molecular complexity index is 502. The van der Waals surface area contributed by atoms with Gasteiger partial charge in [-0.25, -0.2) is 4.79 Å². The van der Waals surface area contributed by atoms with Crippen molar-refractivity contribution in [2.45, 2.75) is 26.7 Å². The minimum atomic E-state index is -0.843. The highest BCUT2D eigenvalue weighted by molar-refractivity contribution is 5.80. The van der Waals surface area contributed by atoms with Crippen molar-refractivity contribution in [3.8, 4) is 0 Å². The number of carboxylic acid groups (broad SMARTS) is 1. The van der Waals surface area contributed by atoms with Gasteiger partial charge in [0.15, 0.2) is 6.33 Å². The molecule has 1 aliphatic rings. The second-order valence-corrected chi connectivity index (χ2v) is 5.60. The molecule has 8 heteroatoms. The summed E-state index contributed by atoms with van der Waals surface area (Å²) in [5.74, 6) is -0.399. The zero-order valence-corrected chi connectivity index (χ0v) is 12.2. The molecule has 0 saturated carbocycles. The number of urea groups is 1. The van der Waals surface area contributed by atoms with E-state index in [1.807, 2.05) is 13.8 Å². The van der Waals surface area contributed by atoms with E-state index in [-0.39, 0.29) is 18.5 Å². The first-order valence-corrected chi connectivity index (χ1v) is 6.97. The number of carboxylic acids is 1. The summed E-state index contributed by atoms with van der Waals surface area (Å²) in [6, 6.07) is -0.252. The molecule has 0 aromatic carbocycles. The molecule has 2 rings (SSSR count). The molecule has 0 radical (unpaired) electrons. The van der Waals surface area contributed by atoms with Crippen molar-refractivity contribution in [2.24, 2.45) is 11.3 Å². The Kier molecular flexibility index (Phi) is 4.44. The molecule has 21 heavy (non-hydrogen) atoms. The van der Waals surface area contributed by atoms with Gasteiger partial charge in [-0.2, -0.15) is 4.98 Å². The Morgan fingerprint density at radius 1 is 1.57 bits per heavy atom. The van der Waals surface area contributed by atoms with Crippen LogP contribution in [0.5, 0.6) is 0 Å². The molecule has 8 nitrogen and oxygen atoms in total. The predicted octanol–water partition coefficient (Wildman–Crippen LogP) is 0.754. The molecule has 116 valence electrons. The summed E-state index contributed by atoms with van der Waals surface area (Å²) in [7, 11) is 0. The zero-order chi connectivity index (χ0) is 15.5. The van der Waals surface area contributed by atoms with Crippen molar-refractivity contribution in [2.75, 3.05) is 19.6 Å². The lowest BCUT2D eigenvalue weighted by Crippen LogP contribution is -2.44. The molecule has 1 atom stereocenters. The van der Waals surface area contributed by atoms with Gasteiger partial charge in [0.25, 0.3) is 0 Å². The van der Waals surface area contributed by atoms with Crippen molar-refractivity contribution in [3.05, 3.63) is 12.2 Å². The fourth-order valence-corrected chi connectivity index (χ4v) is 2.59. The van der Waals surface area contributed by atoms with Gasteiger partial charge < -0.3 is 19.8 Å². The number of amides is 2. The Labute approximate surface area is 122 Å². The number of carbonyl (C=O) groups excluding carboxylic acids is 1. The summed E-state index contributed by atoms with van der Waals surface area (Å²) in [5, 5.41) is 15.7. The second-order valence-electron chi connectivity index (χ2n) is 5.60. The van der Waals surface area contributed by atoms with E-state index in [2.05, 4.69) is 15.5 Å². The van der Waals surface area contributed by atoms with Crippen LogP contribution in [0.2, 0.25) is 0 Å². The van der Waals surface area contributed by atoms with Crippen LogP contribution in [0.3, 0.4) is 0 Å². The lowest BCUT2D eigenvalue weighted by molar-refractivity contribution is -0.150. The van der Waals surface area contributed by atoms with Crippen molar-refractivity contribution >= 4 is 12.0 Å². The predicted molar refractivity (Wildman–Crippen MR) is 72.5 cm³/mol. The molecule has 0 spiro atoms. The van der Waals surface area contributed by atoms with Gasteiger partial charge in [-0.05, 0) is 12.3 Å². The molecular formula is C13H20N4O4. The first-order valence-electron chi connectivity index (χ1n) is 6.97. The van der Waals surface area contributed by atoms with Crippen molar-refractivity contribution in [1.29, 1.82) is 0 Å². The smallest absolute Gasteiger partial charge is 0.317 e. The number of likely N-dealkylation sites (tertiary alicyclic amines) is 1. The Hall–Kier alpha value is -2.12. The van der Waals surface area contributed by atoms with E-state index in [1.54, 1.807) is 4.90 Å². The van der Waals surface area contributed by atoms with Gasteiger partial charge in [-0.1, -0.05) is 19.0 Å². The summed E-state index contributed by atoms with van der Waals surface area (Å²) in [6.45, 7) is 4.83. The van der Waals surface area contributed by atoms with E-state index in [1.165, 1.54) is 6.33 Å². The number of carbonyl (C=O) groups is 2. The first kappa shape index (κ1) is 15.3. The average molecular weight is 296 g/mol. The summed E-state index contributed by atoms with van der Waals surface area (Å²) in [4.78, 5) is 29.0. The van der Waals surface area contributed by atoms with Gasteiger partial charge in [0.05, 0.1) is 5.41 Å². The van der Waals surface area contributed by atoms with Crippen molar-refractivity contribution in [3.63, 3.8) is 0 Å². The third-order valence-corrected chi connectivity index (χ3v) is 4.14. The minimum Gasteiger partial charge on any atom is -0.481 e. The summed E-state index contributed by atoms with van der Waals surface area (Å²) < 4.78 is 4.83. The number of nitrogens with one attached hydrogen (secondary N) is 1. The average Bonchev–Trinajstić information content (AvgIpc) is 3.08. The number of rotatable bonds is 5. The van der Waals surface area contributed by atoms with Gasteiger partial charge in [0.1, 0.15) is 0 Å².